The molecular formula is C14H15NO2S2. The van der Waals surface area contributed by atoms with Crippen LogP contribution in [0.15, 0.2) is 40.3 Å². The SMILES string of the molecule is O=C(c1cccs1)N1CCSC(c2ccco2)CC1. The lowest BCUT2D eigenvalue weighted by molar-refractivity contribution is 0.0771. The molecule has 1 unspecified atom stereocenters. The number of furan rings is 1. The van der Waals surface area contributed by atoms with Crippen molar-refractivity contribution >= 4 is 29.0 Å². The van der Waals surface area contributed by atoms with E-state index < -0.39 is 0 Å². The van der Waals surface area contributed by atoms with Gasteiger partial charge >= 0.3 is 0 Å². The maximum atomic E-state index is 12.3. The van der Waals surface area contributed by atoms with Gasteiger partial charge in [-0.15, -0.1) is 23.1 Å². The zero-order chi connectivity index (χ0) is 13.1. The van der Waals surface area contributed by atoms with Gasteiger partial charge in [0.25, 0.3) is 5.91 Å². The molecular weight excluding hydrogens is 278 g/mol. The lowest BCUT2D eigenvalue weighted by Gasteiger charge is -2.19. The quantitative estimate of drug-likeness (QED) is 0.847. The Hall–Kier alpha value is -1.20. The molecule has 3 nitrogen and oxygen atoms in total. The summed E-state index contributed by atoms with van der Waals surface area (Å²) in [4.78, 5) is 15.1. The Morgan fingerprint density at radius 2 is 2.26 bits per heavy atom. The lowest BCUT2D eigenvalue weighted by atomic mass is 10.2. The summed E-state index contributed by atoms with van der Waals surface area (Å²) in [5.74, 6) is 2.15. The molecule has 0 aromatic carbocycles. The summed E-state index contributed by atoms with van der Waals surface area (Å²) in [7, 11) is 0. The summed E-state index contributed by atoms with van der Waals surface area (Å²) in [5.41, 5.74) is 0. The van der Waals surface area contributed by atoms with Crippen molar-refractivity contribution in [1.29, 1.82) is 0 Å². The fraction of sp³-hybridized carbons (Fsp3) is 0.357. The number of thioether (sulfide) groups is 1. The van der Waals surface area contributed by atoms with E-state index >= 15 is 0 Å². The van der Waals surface area contributed by atoms with E-state index in [1.165, 1.54) is 11.3 Å². The maximum Gasteiger partial charge on any atom is 0.263 e. The van der Waals surface area contributed by atoms with Crippen LogP contribution in [0, 0.1) is 0 Å². The smallest absolute Gasteiger partial charge is 0.263 e. The molecule has 100 valence electrons. The van der Waals surface area contributed by atoms with Crippen LogP contribution in [0.2, 0.25) is 0 Å². The zero-order valence-electron chi connectivity index (χ0n) is 10.5. The van der Waals surface area contributed by atoms with Gasteiger partial charge in [-0.2, -0.15) is 0 Å². The molecule has 2 aromatic rings. The number of carbonyl (C=O) groups excluding carboxylic acids is 1. The van der Waals surface area contributed by atoms with Crippen LogP contribution in [0.25, 0.3) is 0 Å². The van der Waals surface area contributed by atoms with Crippen molar-refractivity contribution in [2.45, 2.75) is 11.7 Å². The molecule has 1 amide bonds. The molecule has 0 aliphatic carbocycles. The number of hydrogen-bond acceptors (Lipinski definition) is 4. The van der Waals surface area contributed by atoms with Gasteiger partial charge in [0.15, 0.2) is 0 Å². The topological polar surface area (TPSA) is 33.5 Å². The fourth-order valence-corrected chi connectivity index (χ4v) is 4.10. The molecule has 1 saturated heterocycles. The second-order valence-corrected chi connectivity index (χ2v) is 6.69. The molecule has 3 rings (SSSR count). The van der Waals surface area contributed by atoms with Crippen LogP contribution < -0.4 is 0 Å². The average molecular weight is 293 g/mol. The van der Waals surface area contributed by atoms with Crippen molar-refractivity contribution < 1.29 is 9.21 Å². The monoisotopic (exact) mass is 293 g/mol. The van der Waals surface area contributed by atoms with Crippen molar-refractivity contribution in [3.8, 4) is 0 Å². The lowest BCUT2D eigenvalue weighted by Crippen LogP contribution is -2.32. The van der Waals surface area contributed by atoms with Gasteiger partial charge in [-0.1, -0.05) is 6.07 Å². The first-order chi connectivity index (χ1) is 9.34. The highest BCUT2D eigenvalue weighted by atomic mass is 32.2. The standard InChI is InChI=1S/C14H15NO2S2/c16-14(13-4-2-9-18-13)15-6-5-12(19-10-7-15)11-3-1-8-17-11/h1-4,8-9,12H,5-7,10H2. The van der Waals surface area contributed by atoms with Crippen LogP contribution in [-0.4, -0.2) is 29.6 Å². The van der Waals surface area contributed by atoms with Gasteiger partial charge in [-0.3, -0.25) is 4.79 Å². The van der Waals surface area contributed by atoms with Crippen molar-refractivity contribution in [3.05, 3.63) is 46.5 Å². The normalized spacial score (nSPS) is 20.2. The highest BCUT2D eigenvalue weighted by Crippen LogP contribution is 2.34. The Kier molecular flexibility index (Phi) is 3.94. The first-order valence-electron chi connectivity index (χ1n) is 6.32. The van der Waals surface area contributed by atoms with Crippen LogP contribution in [0.3, 0.4) is 0 Å². The largest absolute Gasteiger partial charge is 0.468 e. The van der Waals surface area contributed by atoms with Gasteiger partial charge in [0, 0.05) is 18.8 Å². The van der Waals surface area contributed by atoms with Crippen molar-refractivity contribution in [3.63, 3.8) is 0 Å². The third-order valence-corrected chi connectivity index (χ3v) is 5.37. The molecule has 19 heavy (non-hydrogen) atoms. The molecule has 0 saturated carbocycles. The molecule has 0 radical (unpaired) electrons. The van der Waals surface area contributed by atoms with Gasteiger partial charge < -0.3 is 9.32 Å². The van der Waals surface area contributed by atoms with E-state index in [0.717, 1.165) is 35.9 Å². The molecule has 1 aliphatic rings. The highest BCUT2D eigenvalue weighted by molar-refractivity contribution is 7.99. The first-order valence-corrected chi connectivity index (χ1v) is 8.25. The van der Waals surface area contributed by atoms with Crippen LogP contribution in [0.5, 0.6) is 0 Å². The van der Waals surface area contributed by atoms with E-state index in [0.29, 0.717) is 5.25 Å². The zero-order valence-corrected chi connectivity index (χ0v) is 12.1. The summed E-state index contributed by atoms with van der Waals surface area (Å²) in [6, 6.07) is 7.77. The number of amides is 1. The second-order valence-electron chi connectivity index (χ2n) is 4.43. The van der Waals surface area contributed by atoms with Gasteiger partial charge in [0.05, 0.1) is 16.4 Å². The molecule has 1 aliphatic heterocycles. The van der Waals surface area contributed by atoms with E-state index in [9.17, 15) is 4.79 Å². The predicted octanol–water partition coefficient (Wildman–Crippen LogP) is 3.66. The van der Waals surface area contributed by atoms with Crippen molar-refractivity contribution in [1.82, 2.24) is 4.90 Å². The van der Waals surface area contributed by atoms with E-state index in [2.05, 4.69) is 0 Å². The second kappa shape index (κ2) is 5.84. The summed E-state index contributed by atoms with van der Waals surface area (Å²) in [6.45, 7) is 1.62. The Morgan fingerprint density at radius 1 is 1.32 bits per heavy atom. The maximum absolute atomic E-state index is 12.3. The molecule has 0 bridgehead atoms. The van der Waals surface area contributed by atoms with E-state index in [1.807, 2.05) is 46.3 Å². The van der Waals surface area contributed by atoms with E-state index in [4.69, 9.17) is 4.42 Å². The van der Waals surface area contributed by atoms with Gasteiger partial charge in [0.2, 0.25) is 0 Å². The van der Waals surface area contributed by atoms with Crippen LogP contribution in [0.4, 0.5) is 0 Å². The molecule has 1 fully saturated rings. The highest BCUT2D eigenvalue weighted by Gasteiger charge is 2.24. The Labute approximate surface area is 120 Å². The molecule has 5 heteroatoms. The summed E-state index contributed by atoms with van der Waals surface area (Å²) >= 11 is 3.39. The molecule has 2 aromatic heterocycles. The molecule has 0 spiro atoms. The number of rotatable bonds is 2. The third-order valence-electron chi connectivity index (χ3n) is 3.22. The van der Waals surface area contributed by atoms with Gasteiger partial charge in [-0.05, 0) is 30.0 Å². The predicted molar refractivity (Wildman–Crippen MR) is 78.7 cm³/mol. The number of thiophene rings is 1. The van der Waals surface area contributed by atoms with Gasteiger partial charge in [-0.25, -0.2) is 0 Å². The molecule has 3 heterocycles. The number of carbonyl (C=O) groups is 1. The van der Waals surface area contributed by atoms with Crippen molar-refractivity contribution in [2.75, 3.05) is 18.8 Å². The van der Waals surface area contributed by atoms with E-state index in [-0.39, 0.29) is 5.91 Å². The third kappa shape index (κ3) is 2.87. The Balaban J connectivity index is 1.66. The Bertz CT molecular complexity index is 522. The number of hydrogen-bond donors (Lipinski definition) is 0. The summed E-state index contributed by atoms with van der Waals surface area (Å²) in [6.07, 6.45) is 2.67. The van der Waals surface area contributed by atoms with E-state index in [1.54, 1.807) is 6.26 Å². The minimum Gasteiger partial charge on any atom is -0.468 e. The summed E-state index contributed by atoms with van der Waals surface area (Å²) < 4.78 is 5.47. The minimum absolute atomic E-state index is 0.163. The molecule has 0 N–H and O–H groups in total. The first kappa shape index (κ1) is 12.8. The fourth-order valence-electron chi connectivity index (χ4n) is 2.23. The average Bonchev–Trinajstić information content (AvgIpc) is 3.08. The van der Waals surface area contributed by atoms with Crippen LogP contribution in [-0.2, 0) is 0 Å². The summed E-state index contributed by atoms with van der Waals surface area (Å²) in [5, 5.41) is 2.32. The van der Waals surface area contributed by atoms with Crippen LogP contribution in [0.1, 0.15) is 27.1 Å². The van der Waals surface area contributed by atoms with Gasteiger partial charge in [0.1, 0.15) is 5.76 Å². The van der Waals surface area contributed by atoms with Crippen molar-refractivity contribution in [2.24, 2.45) is 0 Å². The minimum atomic E-state index is 0.163. The molecule has 1 atom stereocenters. The van der Waals surface area contributed by atoms with Crippen LogP contribution >= 0.6 is 23.1 Å². The number of nitrogens with zero attached hydrogens (tertiary/aromatic N) is 1. The Morgan fingerprint density at radius 3 is 3.00 bits per heavy atom.